The fraction of sp³-hybridized carbons (Fsp3) is 1.00. The van der Waals surface area contributed by atoms with Crippen molar-refractivity contribution >= 4 is 11.8 Å². The van der Waals surface area contributed by atoms with Gasteiger partial charge in [0.15, 0.2) is 0 Å². The molecule has 20 heavy (non-hydrogen) atoms. The van der Waals surface area contributed by atoms with Gasteiger partial charge in [-0.25, -0.2) is 0 Å². The Morgan fingerprint density at radius 1 is 1.25 bits per heavy atom. The lowest BCUT2D eigenvalue weighted by Crippen LogP contribution is -2.66. The van der Waals surface area contributed by atoms with Crippen molar-refractivity contribution in [2.75, 3.05) is 31.1 Å². The normalized spacial score (nSPS) is 35.0. The van der Waals surface area contributed by atoms with E-state index in [0.717, 1.165) is 17.9 Å². The van der Waals surface area contributed by atoms with E-state index in [1.807, 2.05) is 0 Å². The second-order valence-electron chi connectivity index (χ2n) is 7.69. The van der Waals surface area contributed by atoms with Gasteiger partial charge in [0.1, 0.15) is 0 Å². The SMILES string of the molecule is CC(C)C1CNC2(CCCCC2)CN1CC1CCSC1. The lowest BCUT2D eigenvalue weighted by molar-refractivity contribution is 0.0281. The smallest absolute Gasteiger partial charge is 0.0309 e. The van der Waals surface area contributed by atoms with Gasteiger partial charge < -0.3 is 5.32 Å². The Hall–Kier alpha value is 0.270. The molecule has 3 fully saturated rings. The zero-order valence-corrected chi connectivity index (χ0v) is 14.2. The third-order valence-corrected chi connectivity index (χ3v) is 6.99. The first-order valence-electron chi connectivity index (χ1n) is 8.75. The molecule has 116 valence electrons. The number of nitrogens with one attached hydrogen (secondary N) is 1. The third kappa shape index (κ3) is 3.36. The van der Waals surface area contributed by atoms with Crippen molar-refractivity contribution < 1.29 is 0 Å². The summed E-state index contributed by atoms with van der Waals surface area (Å²) in [5.41, 5.74) is 0.468. The molecule has 2 saturated heterocycles. The second-order valence-corrected chi connectivity index (χ2v) is 8.84. The van der Waals surface area contributed by atoms with Crippen LogP contribution in [0.5, 0.6) is 0 Å². The van der Waals surface area contributed by atoms with E-state index >= 15 is 0 Å². The lowest BCUT2D eigenvalue weighted by Gasteiger charge is -2.51. The van der Waals surface area contributed by atoms with E-state index in [2.05, 4.69) is 35.8 Å². The first-order valence-corrected chi connectivity index (χ1v) is 9.91. The van der Waals surface area contributed by atoms with Crippen molar-refractivity contribution in [1.29, 1.82) is 0 Å². The van der Waals surface area contributed by atoms with Gasteiger partial charge in [-0.3, -0.25) is 4.90 Å². The van der Waals surface area contributed by atoms with Crippen LogP contribution in [0.25, 0.3) is 0 Å². The molecule has 2 aliphatic heterocycles. The maximum absolute atomic E-state index is 3.97. The highest BCUT2D eigenvalue weighted by atomic mass is 32.2. The van der Waals surface area contributed by atoms with E-state index in [1.165, 1.54) is 69.7 Å². The Morgan fingerprint density at radius 2 is 2.05 bits per heavy atom. The fourth-order valence-electron chi connectivity index (χ4n) is 4.49. The van der Waals surface area contributed by atoms with Crippen molar-refractivity contribution in [3.8, 4) is 0 Å². The maximum atomic E-state index is 3.97. The highest BCUT2D eigenvalue weighted by Gasteiger charge is 2.41. The minimum Gasteiger partial charge on any atom is -0.308 e. The highest BCUT2D eigenvalue weighted by Crippen LogP contribution is 2.34. The summed E-state index contributed by atoms with van der Waals surface area (Å²) in [6, 6.07) is 0.758. The van der Waals surface area contributed by atoms with Crippen molar-refractivity contribution in [2.45, 2.75) is 64.0 Å². The Labute approximate surface area is 129 Å². The average Bonchev–Trinajstić information content (AvgIpc) is 2.92. The number of hydrogen-bond acceptors (Lipinski definition) is 3. The van der Waals surface area contributed by atoms with Crippen LogP contribution in [0.1, 0.15) is 52.4 Å². The molecule has 3 heteroatoms. The number of rotatable bonds is 3. The Kier molecular flexibility index (Phi) is 4.99. The van der Waals surface area contributed by atoms with Gasteiger partial charge in [-0.05, 0) is 42.6 Å². The minimum absolute atomic E-state index is 0.468. The van der Waals surface area contributed by atoms with Crippen LogP contribution in [0.3, 0.4) is 0 Å². The Morgan fingerprint density at radius 3 is 2.70 bits per heavy atom. The van der Waals surface area contributed by atoms with Crippen LogP contribution < -0.4 is 5.32 Å². The molecule has 2 atom stereocenters. The summed E-state index contributed by atoms with van der Waals surface area (Å²) < 4.78 is 0. The standard InChI is InChI=1S/C17H32N2S/c1-14(2)16-10-18-17(7-4-3-5-8-17)13-19(16)11-15-6-9-20-12-15/h14-16,18H,3-13H2,1-2H3. The van der Waals surface area contributed by atoms with Gasteiger partial charge in [0.2, 0.25) is 0 Å². The van der Waals surface area contributed by atoms with Crippen molar-refractivity contribution in [3.63, 3.8) is 0 Å². The number of piperazine rings is 1. The third-order valence-electron chi connectivity index (χ3n) is 5.76. The van der Waals surface area contributed by atoms with E-state index in [9.17, 15) is 0 Å². The van der Waals surface area contributed by atoms with Crippen LogP contribution >= 0.6 is 11.8 Å². The molecule has 2 heterocycles. The van der Waals surface area contributed by atoms with E-state index in [4.69, 9.17) is 0 Å². The Balaban J connectivity index is 1.66. The van der Waals surface area contributed by atoms with E-state index in [0.29, 0.717) is 5.54 Å². The summed E-state index contributed by atoms with van der Waals surface area (Å²) in [6.45, 7) is 8.71. The maximum Gasteiger partial charge on any atom is 0.0309 e. The molecule has 3 aliphatic rings. The molecule has 1 spiro atoms. The molecule has 0 radical (unpaired) electrons. The van der Waals surface area contributed by atoms with Crippen molar-refractivity contribution in [3.05, 3.63) is 0 Å². The van der Waals surface area contributed by atoms with Crippen molar-refractivity contribution in [1.82, 2.24) is 10.2 Å². The number of hydrogen-bond donors (Lipinski definition) is 1. The van der Waals surface area contributed by atoms with Crippen LogP contribution in [0.2, 0.25) is 0 Å². The molecule has 0 amide bonds. The number of thioether (sulfide) groups is 1. The summed E-state index contributed by atoms with van der Waals surface area (Å²) in [7, 11) is 0. The molecular weight excluding hydrogens is 264 g/mol. The number of nitrogens with zero attached hydrogens (tertiary/aromatic N) is 1. The monoisotopic (exact) mass is 296 g/mol. The topological polar surface area (TPSA) is 15.3 Å². The quantitative estimate of drug-likeness (QED) is 0.859. The van der Waals surface area contributed by atoms with Crippen LogP contribution in [-0.2, 0) is 0 Å². The van der Waals surface area contributed by atoms with Gasteiger partial charge in [-0.15, -0.1) is 0 Å². The largest absolute Gasteiger partial charge is 0.308 e. The summed E-state index contributed by atoms with van der Waals surface area (Å²) in [5, 5.41) is 3.97. The van der Waals surface area contributed by atoms with Gasteiger partial charge in [-0.2, -0.15) is 11.8 Å². The van der Waals surface area contributed by atoms with Crippen molar-refractivity contribution in [2.24, 2.45) is 11.8 Å². The van der Waals surface area contributed by atoms with Crippen LogP contribution in [0.15, 0.2) is 0 Å². The van der Waals surface area contributed by atoms with E-state index < -0.39 is 0 Å². The molecule has 0 bridgehead atoms. The molecule has 1 N–H and O–H groups in total. The first kappa shape index (κ1) is 15.2. The first-order chi connectivity index (χ1) is 9.69. The van der Waals surface area contributed by atoms with Gasteiger partial charge in [0.05, 0.1) is 0 Å². The lowest BCUT2D eigenvalue weighted by atomic mass is 9.78. The molecule has 0 aromatic rings. The molecule has 2 unspecified atom stereocenters. The zero-order chi connectivity index (χ0) is 14.0. The van der Waals surface area contributed by atoms with Crippen LogP contribution in [0.4, 0.5) is 0 Å². The molecule has 3 rings (SSSR count). The van der Waals surface area contributed by atoms with E-state index in [-0.39, 0.29) is 0 Å². The predicted molar refractivity (Wildman–Crippen MR) is 89.4 cm³/mol. The van der Waals surface area contributed by atoms with Crippen LogP contribution in [-0.4, -0.2) is 47.6 Å². The summed E-state index contributed by atoms with van der Waals surface area (Å²) in [6.07, 6.45) is 8.60. The van der Waals surface area contributed by atoms with Gasteiger partial charge >= 0.3 is 0 Å². The van der Waals surface area contributed by atoms with Gasteiger partial charge in [0.25, 0.3) is 0 Å². The highest BCUT2D eigenvalue weighted by molar-refractivity contribution is 7.99. The summed E-state index contributed by atoms with van der Waals surface area (Å²) in [5.74, 6) is 4.54. The molecule has 0 aromatic carbocycles. The molecule has 2 nitrogen and oxygen atoms in total. The zero-order valence-electron chi connectivity index (χ0n) is 13.4. The average molecular weight is 297 g/mol. The molecule has 0 aromatic heterocycles. The summed E-state index contributed by atoms with van der Waals surface area (Å²) >= 11 is 2.17. The van der Waals surface area contributed by atoms with Crippen LogP contribution in [0, 0.1) is 11.8 Å². The minimum atomic E-state index is 0.468. The van der Waals surface area contributed by atoms with Gasteiger partial charge in [-0.1, -0.05) is 33.1 Å². The Bertz CT molecular complexity index is 306. The molecule has 1 aliphatic carbocycles. The molecular formula is C17H32N2S. The predicted octanol–water partition coefficient (Wildman–Crippen LogP) is 3.37. The second kappa shape index (κ2) is 6.58. The molecule has 1 saturated carbocycles. The summed E-state index contributed by atoms with van der Waals surface area (Å²) in [4.78, 5) is 2.88. The van der Waals surface area contributed by atoms with E-state index in [1.54, 1.807) is 0 Å². The van der Waals surface area contributed by atoms with Gasteiger partial charge in [0, 0.05) is 31.2 Å². The fourth-order valence-corrected chi connectivity index (χ4v) is 5.76.